The molecule has 0 fully saturated rings. The molecule has 0 amide bonds. The van der Waals surface area contributed by atoms with Crippen molar-refractivity contribution in [3.8, 4) is 0 Å². The molecule has 170 valence electrons. The first-order chi connectivity index (χ1) is 14.5. The van der Waals surface area contributed by atoms with E-state index in [1.54, 1.807) is 0 Å². The Bertz CT molecular complexity index is 595. The van der Waals surface area contributed by atoms with E-state index in [1.807, 2.05) is 0 Å². The van der Waals surface area contributed by atoms with Crippen molar-refractivity contribution < 1.29 is 19.1 Å². The fourth-order valence-corrected chi connectivity index (χ4v) is 3.24. The molecule has 1 rings (SSSR count). The lowest BCUT2D eigenvalue weighted by molar-refractivity contribution is 0.0498. The Balaban J connectivity index is 2.49. The Kier molecular flexibility index (Phi) is 13.4. The summed E-state index contributed by atoms with van der Waals surface area (Å²) in [7, 11) is 0. The number of hydrogen-bond donors (Lipinski definition) is 2. The van der Waals surface area contributed by atoms with Gasteiger partial charge in [0.05, 0.1) is 24.3 Å². The van der Waals surface area contributed by atoms with Crippen LogP contribution >= 0.6 is 0 Å². The molecule has 0 saturated carbocycles. The van der Waals surface area contributed by atoms with Crippen molar-refractivity contribution in [3.63, 3.8) is 0 Å². The van der Waals surface area contributed by atoms with Gasteiger partial charge in [0.2, 0.25) is 0 Å². The number of rotatable bonds is 16. The van der Waals surface area contributed by atoms with Crippen LogP contribution in [0, 0.1) is 0 Å². The second-order valence-corrected chi connectivity index (χ2v) is 7.83. The first-order valence-electron chi connectivity index (χ1n) is 11.5. The van der Waals surface area contributed by atoms with Gasteiger partial charge in [0.25, 0.3) is 0 Å². The molecular weight excluding hydrogens is 380 g/mol. The van der Waals surface area contributed by atoms with Gasteiger partial charge < -0.3 is 20.9 Å². The van der Waals surface area contributed by atoms with E-state index in [9.17, 15) is 9.59 Å². The molecule has 0 saturated heterocycles. The summed E-state index contributed by atoms with van der Waals surface area (Å²) in [4.78, 5) is 24.8. The molecule has 0 spiro atoms. The van der Waals surface area contributed by atoms with Crippen molar-refractivity contribution in [2.24, 2.45) is 0 Å². The van der Waals surface area contributed by atoms with Gasteiger partial charge in [-0.05, 0) is 25.0 Å². The predicted molar refractivity (Wildman–Crippen MR) is 123 cm³/mol. The highest BCUT2D eigenvalue weighted by Gasteiger charge is 2.19. The van der Waals surface area contributed by atoms with Gasteiger partial charge in [0, 0.05) is 11.4 Å². The standard InChI is InChI=1S/C24H40N2O4/c1-3-5-7-9-11-13-15-29-23(27)19-17-20(22(26)18-21(19)25)24(28)30-16-14-12-10-8-6-4-2/h17-18H,3-16,25-26H2,1-2H3. The number of esters is 2. The number of unbranched alkanes of at least 4 members (excludes halogenated alkanes) is 10. The third-order valence-electron chi connectivity index (χ3n) is 5.12. The van der Waals surface area contributed by atoms with Crippen LogP contribution in [-0.2, 0) is 9.47 Å². The maximum Gasteiger partial charge on any atom is 0.340 e. The van der Waals surface area contributed by atoms with E-state index in [0.717, 1.165) is 38.5 Å². The Morgan fingerprint density at radius 2 is 1.00 bits per heavy atom. The molecule has 0 atom stereocenters. The van der Waals surface area contributed by atoms with Crippen LogP contribution in [0.25, 0.3) is 0 Å². The average molecular weight is 421 g/mol. The largest absolute Gasteiger partial charge is 0.462 e. The minimum atomic E-state index is -0.536. The van der Waals surface area contributed by atoms with Crippen LogP contribution in [0.15, 0.2) is 12.1 Å². The molecular formula is C24H40N2O4. The first kappa shape index (κ1) is 25.8. The molecule has 0 aromatic heterocycles. The molecule has 6 nitrogen and oxygen atoms in total. The average Bonchev–Trinajstić information content (AvgIpc) is 2.72. The van der Waals surface area contributed by atoms with Gasteiger partial charge in [-0.1, -0.05) is 78.1 Å². The van der Waals surface area contributed by atoms with Gasteiger partial charge in [0.15, 0.2) is 0 Å². The quantitative estimate of drug-likeness (QED) is 0.196. The van der Waals surface area contributed by atoms with Crippen LogP contribution in [0.2, 0.25) is 0 Å². The Morgan fingerprint density at radius 3 is 1.40 bits per heavy atom. The lowest BCUT2D eigenvalue weighted by Crippen LogP contribution is -2.14. The van der Waals surface area contributed by atoms with Gasteiger partial charge in [-0.2, -0.15) is 0 Å². The minimum absolute atomic E-state index is 0.154. The third-order valence-corrected chi connectivity index (χ3v) is 5.12. The Labute approximate surface area is 181 Å². The maximum absolute atomic E-state index is 12.4. The van der Waals surface area contributed by atoms with Crippen molar-refractivity contribution in [3.05, 3.63) is 23.3 Å². The van der Waals surface area contributed by atoms with Gasteiger partial charge in [-0.3, -0.25) is 0 Å². The monoisotopic (exact) mass is 420 g/mol. The van der Waals surface area contributed by atoms with Gasteiger partial charge in [0.1, 0.15) is 0 Å². The van der Waals surface area contributed by atoms with Gasteiger partial charge >= 0.3 is 11.9 Å². The van der Waals surface area contributed by atoms with E-state index in [-0.39, 0.29) is 22.5 Å². The number of carbonyl (C=O) groups excluding carboxylic acids is 2. The molecule has 0 aliphatic heterocycles. The fraction of sp³-hybridized carbons (Fsp3) is 0.667. The van der Waals surface area contributed by atoms with E-state index in [4.69, 9.17) is 20.9 Å². The van der Waals surface area contributed by atoms with Crippen LogP contribution in [0.3, 0.4) is 0 Å². The lowest BCUT2D eigenvalue weighted by Gasteiger charge is -2.12. The number of ether oxygens (including phenoxy) is 2. The summed E-state index contributed by atoms with van der Waals surface area (Å²) in [5, 5.41) is 0. The van der Waals surface area contributed by atoms with Crippen molar-refractivity contribution in [1.82, 2.24) is 0 Å². The first-order valence-corrected chi connectivity index (χ1v) is 11.5. The number of carbonyl (C=O) groups is 2. The summed E-state index contributed by atoms with van der Waals surface area (Å²) in [6.45, 7) is 5.04. The molecule has 0 unspecified atom stereocenters. The SMILES string of the molecule is CCCCCCCCOC(=O)c1cc(C(=O)OCCCCCCCC)c(N)cc1N. The van der Waals surface area contributed by atoms with Gasteiger partial charge in [-0.15, -0.1) is 0 Å². The summed E-state index contributed by atoms with van der Waals surface area (Å²) in [6.07, 6.45) is 13.3. The number of nitrogen functional groups attached to an aromatic ring is 2. The van der Waals surface area contributed by atoms with Crippen molar-refractivity contribution in [1.29, 1.82) is 0 Å². The number of nitrogens with two attached hydrogens (primary N) is 2. The van der Waals surface area contributed by atoms with Crippen LogP contribution in [0.5, 0.6) is 0 Å². The number of hydrogen-bond acceptors (Lipinski definition) is 6. The molecule has 0 bridgehead atoms. The Morgan fingerprint density at radius 1 is 0.633 bits per heavy atom. The zero-order chi connectivity index (χ0) is 22.2. The zero-order valence-corrected chi connectivity index (χ0v) is 18.8. The molecule has 6 heteroatoms. The summed E-state index contributed by atoms with van der Waals surface area (Å²) in [5.74, 6) is -1.07. The second kappa shape index (κ2) is 15.6. The van der Waals surface area contributed by atoms with Crippen LogP contribution in [-0.4, -0.2) is 25.2 Å². The molecule has 30 heavy (non-hydrogen) atoms. The van der Waals surface area contributed by atoms with E-state index in [1.165, 1.54) is 50.7 Å². The second-order valence-electron chi connectivity index (χ2n) is 7.83. The molecule has 0 radical (unpaired) electrons. The maximum atomic E-state index is 12.4. The summed E-state index contributed by atoms with van der Waals surface area (Å²) < 4.78 is 10.6. The highest BCUT2D eigenvalue weighted by atomic mass is 16.5. The van der Waals surface area contributed by atoms with Crippen molar-refractivity contribution >= 4 is 23.3 Å². The number of anilines is 2. The molecule has 0 aliphatic carbocycles. The fourth-order valence-electron chi connectivity index (χ4n) is 3.24. The lowest BCUT2D eigenvalue weighted by atomic mass is 10.1. The highest BCUT2D eigenvalue weighted by molar-refractivity contribution is 6.02. The van der Waals surface area contributed by atoms with E-state index in [0.29, 0.717) is 13.2 Å². The molecule has 4 N–H and O–H groups in total. The topological polar surface area (TPSA) is 105 Å². The Hall–Kier alpha value is -2.24. The normalized spacial score (nSPS) is 10.7. The van der Waals surface area contributed by atoms with Crippen molar-refractivity contribution in [2.75, 3.05) is 24.7 Å². The van der Waals surface area contributed by atoms with Crippen LogP contribution in [0.1, 0.15) is 112 Å². The highest BCUT2D eigenvalue weighted by Crippen LogP contribution is 2.23. The summed E-state index contributed by atoms with van der Waals surface area (Å²) in [5.41, 5.74) is 12.6. The summed E-state index contributed by atoms with van der Waals surface area (Å²) in [6, 6.07) is 2.81. The predicted octanol–water partition coefficient (Wildman–Crippen LogP) is 5.89. The molecule has 1 aromatic carbocycles. The molecule has 0 aliphatic rings. The molecule has 1 aromatic rings. The van der Waals surface area contributed by atoms with E-state index in [2.05, 4.69) is 13.8 Å². The van der Waals surface area contributed by atoms with Crippen LogP contribution in [0.4, 0.5) is 11.4 Å². The van der Waals surface area contributed by atoms with Crippen LogP contribution < -0.4 is 11.5 Å². The van der Waals surface area contributed by atoms with Gasteiger partial charge in [-0.25, -0.2) is 9.59 Å². The minimum Gasteiger partial charge on any atom is -0.462 e. The molecule has 0 heterocycles. The number of benzene rings is 1. The smallest absolute Gasteiger partial charge is 0.340 e. The summed E-state index contributed by atoms with van der Waals surface area (Å²) >= 11 is 0. The van der Waals surface area contributed by atoms with E-state index >= 15 is 0 Å². The third kappa shape index (κ3) is 9.99. The zero-order valence-electron chi connectivity index (χ0n) is 18.8. The van der Waals surface area contributed by atoms with E-state index < -0.39 is 11.9 Å². The van der Waals surface area contributed by atoms with Crippen molar-refractivity contribution in [2.45, 2.75) is 90.9 Å².